The third-order valence-electron chi connectivity index (χ3n) is 4.01. The van der Waals surface area contributed by atoms with E-state index in [4.69, 9.17) is 4.74 Å². The van der Waals surface area contributed by atoms with E-state index in [1.165, 1.54) is 12.3 Å². The third kappa shape index (κ3) is 5.36. The molecule has 1 aliphatic rings. The van der Waals surface area contributed by atoms with Gasteiger partial charge in [-0.3, -0.25) is 4.79 Å². The maximum atomic E-state index is 12.8. The van der Waals surface area contributed by atoms with Crippen molar-refractivity contribution >= 4 is 5.91 Å². The van der Waals surface area contributed by atoms with Gasteiger partial charge in [0.25, 0.3) is 0 Å². The molecule has 0 spiro atoms. The second kappa shape index (κ2) is 7.83. The molecule has 8 heteroatoms. The summed E-state index contributed by atoms with van der Waals surface area (Å²) < 4.78 is 43.3. The van der Waals surface area contributed by atoms with Crippen molar-refractivity contribution in [3.05, 3.63) is 23.9 Å². The minimum atomic E-state index is -4.54. The van der Waals surface area contributed by atoms with E-state index in [2.05, 4.69) is 10.3 Å². The first-order valence-electron chi connectivity index (χ1n) is 7.94. The first-order valence-corrected chi connectivity index (χ1v) is 7.94. The van der Waals surface area contributed by atoms with Crippen LogP contribution in [0.3, 0.4) is 0 Å². The van der Waals surface area contributed by atoms with Gasteiger partial charge in [0.15, 0.2) is 0 Å². The molecule has 2 N–H and O–H groups in total. The average molecular weight is 346 g/mol. The molecular formula is C16H21F3N2O3. The number of nitrogens with one attached hydrogen (secondary N) is 1. The molecule has 1 aromatic rings. The van der Waals surface area contributed by atoms with Gasteiger partial charge in [0, 0.05) is 6.20 Å². The molecule has 0 aromatic carbocycles. The van der Waals surface area contributed by atoms with E-state index in [1.807, 2.05) is 0 Å². The highest BCUT2D eigenvalue weighted by Crippen LogP contribution is 2.34. The summed E-state index contributed by atoms with van der Waals surface area (Å²) in [5, 5.41) is 12.8. The third-order valence-corrected chi connectivity index (χ3v) is 4.01. The fourth-order valence-corrected chi connectivity index (χ4v) is 2.81. The second-order valence-corrected chi connectivity index (χ2v) is 6.01. The van der Waals surface area contributed by atoms with Crippen molar-refractivity contribution < 1.29 is 27.8 Å². The number of aromatic nitrogens is 1. The molecule has 0 bridgehead atoms. The summed E-state index contributed by atoms with van der Waals surface area (Å²) >= 11 is 0. The van der Waals surface area contributed by atoms with Crippen LogP contribution in [-0.4, -0.2) is 34.8 Å². The van der Waals surface area contributed by atoms with Crippen molar-refractivity contribution in [2.75, 3.05) is 13.2 Å². The van der Waals surface area contributed by atoms with Gasteiger partial charge in [0.1, 0.15) is 12.2 Å². The highest BCUT2D eigenvalue weighted by molar-refractivity contribution is 5.77. The van der Waals surface area contributed by atoms with Crippen molar-refractivity contribution in [3.63, 3.8) is 0 Å². The molecular weight excluding hydrogens is 325 g/mol. The molecule has 5 nitrogen and oxygen atoms in total. The Morgan fingerprint density at radius 3 is 2.71 bits per heavy atom. The maximum Gasteiger partial charge on any atom is 0.421 e. The number of nitrogens with zero attached hydrogens (tertiary/aromatic N) is 1. The number of hydrogen-bond acceptors (Lipinski definition) is 4. The number of alkyl halides is 3. The Labute approximate surface area is 138 Å². The molecule has 134 valence electrons. The van der Waals surface area contributed by atoms with Crippen molar-refractivity contribution in [1.82, 2.24) is 10.3 Å². The lowest BCUT2D eigenvalue weighted by Gasteiger charge is -2.31. The Kier molecular flexibility index (Phi) is 6.04. The molecule has 0 radical (unpaired) electrons. The van der Waals surface area contributed by atoms with Gasteiger partial charge in [-0.05, 0) is 25.0 Å². The monoisotopic (exact) mass is 346 g/mol. The van der Waals surface area contributed by atoms with Crippen LogP contribution in [0.2, 0.25) is 0 Å². The molecule has 0 saturated heterocycles. The first-order chi connectivity index (χ1) is 11.3. The van der Waals surface area contributed by atoms with E-state index in [0.29, 0.717) is 12.8 Å². The number of aliphatic hydroxyl groups is 1. The lowest BCUT2D eigenvalue weighted by molar-refractivity contribution is -0.139. The predicted molar refractivity (Wildman–Crippen MR) is 80.4 cm³/mol. The Morgan fingerprint density at radius 2 is 2.04 bits per heavy atom. The zero-order valence-corrected chi connectivity index (χ0v) is 13.2. The van der Waals surface area contributed by atoms with Crippen LogP contribution in [0.5, 0.6) is 5.88 Å². The number of amides is 1. The molecule has 1 fully saturated rings. The van der Waals surface area contributed by atoms with Gasteiger partial charge in [-0.1, -0.05) is 19.3 Å². The number of hydrogen-bond donors (Lipinski definition) is 2. The first kappa shape index (κ1) is 18.5. The summed E-state index contributed by atoms with van der Waals surface area (Å²) in [6, 6.07) is 2.07. The van der Waals surface area contributed by atoms with E-state index in [1.54, 1.807) is 0 Å². The number of carbonyl (C=O) groups is 1. The Morgan fingerprint density at radius 1 is 1.33 bits per heavy atom. The Balaban J connectivity index is 1.76. The Bertz CT molecular complexity index is 558. The fourth-order valence-electron chi connectivity index (χ4n) is 2.81. The number of rotatable bonds is 6. The predicted octanol–water partition coefficient (Wildman–Crippen LogP) is 2.68. The Hall–Kier alpha value is -1.83. The number of pyridine rings is 1. The minimum Gasteiger partial charge on any atom is -0.475 e. The molecule has 1 heterocycles. The highest BCUT2D eigenvalue weighted by atomic mass is 19.4. The highest BCUT2D eigenvalue weighted by Gasteiger charge is 2.35. The minimum absolute atomic E-state index is 0.00435. The smallest absolute Gasteiger partial charge is 0.421 e. The lowest BCUT2D eigenvalue weighted by atomic mass is 9.82. The van der Waals surface area contributed by atoms with Crippen LogP contribution >= 0.6 is 0 Å². The van der Waals surface area contributed by atoms with Crippen molar-refractivity contribution in [2.24, 2.45) is 0 Å². The molecule has 1 aromatic heterocycles. The van der Waals surface area contributed by atoms with Crippen LogP contribution in [0.25, 0.3) is 0 Å². The summed E-state index contributed by atoms with van der Waals surface area (Å²) in [6.45, 7) is -0.0902. The van der Waals surface area contributed by atoms with Crippen LogP contribution in [0, 0.1) is 0 Å². The molecule has 24 heavy (non-hydrogen) atoms. The van der Waals surface area contributed by atoms with Gasteiger partial charge in [-0.15, -0.1) is 0 Å². The number of halogens is 3. The summed E-state index contributed by atoms with van der Waals surface area (Å²) in [6.07, 6.45) is 0.714. The molecule has 0 atom stereocenters. The molecule has 1 saturated carbocycles. The summed E-state index contributed by atoms with van der Waals surface area (Å²) in [5.41, 5.74) is -1.92. The van der Waals surface area contributed by atoms with Gasteiger partial charge < -0.3 is 15.2 Å². The maximum absolute atomic E-state index is 12.8. The van der Waals surface area contributed by atoms with E-state index >= 15 is 0 Å². The van der Waals surface area contributed by atoms with Crippen molar-refractivity contribution in [3.8, 4) is 5.88 Å². The molecule has 1 amide bonds. The zero-order chi connectivity index (χ0) is 17.6. The molecule has 1 aliphatic carbocycles. The summed E-state index contributed by atoms with van der Waals surface area (Å²) in [5.74, 6) is -0.842. The number of carbonyl (C=O) groups excluding carboxylic acids is 1. The summed E-state index contributed by atoms with van der Waals surface area (Å²) in [4.78, 5) is 15.4. The van der Waals surface area contributed by atoms with Crippen molar-refractivity contribution in [1.29, 1.82) is 0 Å². The van der Waals surface area contributed by atoms with Crippen LogP contribution in [0.1, 0.15) is 44.1 Å². The topological polar surface area (TPSA) is 71.5 Å². The molecule has 0 unspecified atom stereocenters. The van der Waals surface area contributed by atoms with Crippen LogP contribution in [0.4, 0.5) is 13.2 Å². The average Bonchev–Trinajstić information content (AvgIpc) is 2.51. The normalized spacial score (nSPS) is 17.3. The fraction of sp³-hybridized carbons (Fsp3) is 0.625. The van der Waals surface area contributed by atoms with Gasteiger partial charge in [-0.25, -0.2) is 4.98 Å². The van der Waals surface area contributed by atoms with Crippen LogP contribution in [0.15, 0.2) is 18.3 Å². The van der Waals surface area contributed by atoms with E-state index < -0.39 is 23.2 Å². The van der Waals surface area contributed by atoms with Gasteiger partial charge in [0.2, 0.25) is 11.8 Å². The lowest BCUT2D eigenvalue weighted by Crippen LogP contribution is -2.39. The van der Waals surface area contributed by atoms with Crippen LogP contribution < -0.4 is 10.1 Å². The second-order valence-electron chi connectivity index (χ2n) is 6.01. The largest absolute Gasteiger partial charge is 0.475 e. The molecule has 0 aliphatic heterocycles. The van der Waals surface area contributed by atoms with Gasteiger partial charge in [0.05, 0.1) is 18.6 Å². The van der Waals surface area contributed by atoms with Gasteiger partial charge in [-0.2, -0.15) is 13.2 Å². The van der Waals surface area contributed by atoms with Crippen LogP contribution in [-0.2, 0) is 11.0 Å². The zero-order valence-electron chi connectivity index (χ0n) is 13.2. The van der Waals surface area contributed by atoms with E-state index in [0.717, 1.165) is 25.3 Å². The number of ether oxygens (including phenoxy) is 1. The summed E-state index contributed by atoms with van der Waals surface area (Å²) in [7, 11) is 0. The molecule has 2 rings (SSSR count). The standard InChI is InChI=1S/C16H21F3N2O3/c17-16(18,19)12-5-4-8-21-14(12)24-10-9-20-13(22)11-15(23)6-2-1-3-7-15/h4-5,8,23H,1-3,6-7,9-11H2,(H,20,22). The quantitative estimate of drug-likeness (QED) is 0.777. The van der Waals surface area contributed by atoms with Gasteiger partial charge >= 0.3 is 6.18 Å². The van der Waals surface area contributed by atoms with E-state index in [-0.39, 0.29) is 25.5 Å². The SMILES string of the molecule is O=C(CC1(O)CCCCC1)NCCOc1ncccc1C(F)(F)F. The van der Waals surface area contributed by atoms with E-state index in [9.17, 15) is 23.1 Å². The van der Waals surface area contributed by atoms with Crippen molar-refractivity contribution in [2.45, 2.75) is 50.3 Å².